The highest BCUT2D eigenvalue weighted by molar-refractivity contribution is 5.92. The van der Waals surface area contributed by atoms with E-state index >= 15 is 0 Å². The third-order valence-electron chi connectivity index (χ3n) is 3.46. The van der Waals surface area contributed by atoms with Crippen molar-refractivity contribution in [1.82, 2.24) is 5.32 Å². The Labute approximate surface area is 134 Å². The van der Waals surface area contributed by atoms with Crippen LogP contribution in [0.25, 0.3) is 6.08 Å². The number of fused-ring (bicyclic) bond motifs is 1. The molecule has 1 aliphatic heterocycles. The summed E-state index contributed by atoms with van der Waals surface area (Å²) in [5.74, 6) is 2.00. The first kappa shape index (κ1) is 15.0. The van der Waals surface area contributed by atoms with Crippen molar-refractivity contribution in [3.63, 3.8) is 0 Å². The minimum Gasteiger partial charge on any atom is -0.496 e. The topological polar surface area (TPSA) is 56.8 Å². The van der Waals surface area contributed by atoms with E-state index in [0.717, 1.165) is 22.6 Å². The Hall–Kier alpha value is -2.95. The maximum Gasteiger partial charge on any atom is 0.244 e. The molecule has 0 bridgehead atoms. The highest BCUT2D eigenvalue weighted by Gasteiger charge is 2.13. The highest BCUT2D eigenvalue weighted by Crippen LogP contribution is 2.32. The van der Waals surface area contributed by atoms with Gasteiger partial charge in [0, 0.05) is 18.2 Å². The van der Waals surface area contributed by atoms with Crippen molar-refractivity contribution in [2.75, 3.05) is 13.9 Å². The molecule has 0 saturated carbocycles. The van der Waals surface area contributed by atoms with Gasteiger partial charge in [-0.25, -0.2) is 0 Å². The van der Waals surface area contributed by atoms with Crippen molar-refractivity contribution in [3.8, 4) is 17.2 Å². The van der Waals surface area contributed by atoms with E-state index in [1.807, 2.05) is 42.5 Å². The van der Waals surface area contributed by atoms with Gasteiger partial charge in [0.15, 0.2) is 11.5 Å². The van der Waals surface area contributed by atoms with Crippen LogP contribution in [0.2, 0.25) is 0 Å². The average Bonchev–Trinajstić information content (AvgIpc) is 3.06. The molecule has 0 aliphatic carbocycles. The number of carbonyl (C=O) groups excluding carboxylic acids is 1. The predicted molar refractivity (Wildman–Crippen MR) is 86.4 cm³/mol. The van der Waals surface area contributed by atoms with Crippen LogP contribution in [0.5, 0.6) is 17.2 Å². The zero-order chi connectivity index (χ0) is 16.1. The van der Waals surface area contributed by atoms with Crippen molar-refractivity contribution in [1.29, 1.82) is 0 Å². The fourth-order valence-corrected chi connectivity index (χ4v) is 2.27. The fourth-order valence-electron chi connectivity index (χ4n) is 2.27. The van der Waals surface area contributed by atoms with E-state index in [1.54, 1.807) is 13.2 Å². The van der Waals surface area contributed by atoms with E-state index in [2.05, 4.69) is 5.32 Å². The molecule has 1 amide bonds. The Morgan fingerprint density at radius 1 is 1.22 bits per heavy atom. The molecule has 23 heavy (non-hydrogen) atoms. The van der Waals surface area contributed by atoms with Crippen LogP contribution < -0.4 is 19.5 Å². The Balaban J connectivity index is 1.58. The van der Waals surface area contributed by atoms with Crippen LogP contribution in [0, 0.1) is 0 Å². The molecular formula is C18H17NO4. The first-order valence-electron chi connectivity index (χ1n) is 7.24. The van der Waals surface area contributed by atoms with Crippen LogP contribution in [0.1, 0.15) is 11.1 Å². The summed E-state index contributed by atoms with van der Waals surface area (Å²) in [6.45, 7) is 0.665. The third-order valence-corrected chi connectivity index (χ3v) is 3.46. The fraction of sp³-hybridized carbons (Fsp3) is 0.167. The summed E-state index contributed by atoms with van der Waals surface area (Å²) in [4.78, 5) is 11.9. The summed E-state index contributed by atoms with van der Waals surface area (Å²) in [6, 6.07) is 13.1. The Morgan fingerprint density at radius 3 is 2.91 bits per heavy atom. The molecule has 118 valence electrons. The first-order valence-corrected chi connectivity index (χ1v) is 7.24. The lowest BCUT2D eigenvalue weighted by Crippen LogP contribution is -2.20. The Bertz CT molecular complexity index is 740. The van der Waals surface area contributed by atoms with Gasteiger partial charge in [-0.1, -0.05) is 24.3 Å². The zero-order valence-electron chi connectivity index (χ0n) is 12.7. The van der Waals surface area contributed by atoms with Gasteiger partial charge in [0.05, 0.1) is 7.11 Å². The molecule has 5 nitrogen and oxygen atoms in total. The van der Waals surface area contributed by atoms with E-state index in [1.165, 1.54) is 6.08 Å². The molecule has 5 heteroatoms. The maximum atomic E-state index is 11.9. The van der Waals surface area contributed by atoms with Gasteiger partial charge in [0.25, 0.3) is 0 Å². The van der Waals surface area contributed by atoms with Gasteiger partial charge >= 0.3 is 0 Å². The van der Waals surface area contributed by atoms with Gasteiger partial charge in [0.2, 0.25) is 12.7 Å². The van der Waals surface area contributed by atoms with Gasteiger partial charge < -0.3 is 19.5 Å². The van der Waals surface area contributed by atoms with Gasteiger partial charge in [-0.2, -0.15) is 0 Å². The Kier molecular flexibility index (Phi) is 4.47. The number of amides is 1. The molecule has 0 radical (unpaired) electrons. The molecule has 1 aliphatic rings. The first-order chi connectivity index (χ1) is 11.3. The summed E-state index contributed by atoms with van der Waals surface area (Å²) >= 11 is 0. The number of methoxy groups -OCH3 is 1. The second-order valence-corrected chi connectivity index (χ2v) is 4.98. The second kappa shape index (κ2) is 6.87. The zero-order valence-corrected chi connectivity index (χ0v) is 12.7. The number of ether oxygens (including phenoxy) is 3. The standard InChI is InChI=1S/C18H17NO4/c1-21-15-5-3-2-4-14(15)7-9-18(20)19-11-13-6-8-16-17(10-13)23-12-22-16/h2-10H,11-12H2,1H3,(H,19,20). The lowest BCUT2D eigenvalue weighted by molar-refractivity contribution is -0.116. The van der Waals surface area contributed by atoms with Crippen LogP contribution >= 0.6 is 0 Å². The van der Waals surface area contributed by atoms with Crippen LogP contribution in [-0.2, 0) is 11.3 Å². The lowest BCUT2D eigenvalue weighted by atomic mass is 10.2. The van der Waals surface area contributed by atoms with Crippen LogP contribution in [0.15, 0.2) is 48.5 Å². The van der Waals surface area contributed by atoms with E-state index in [-0.39, 0.29) is 12.7 Å². The maximum absolute atomic E-state index is 11.9. The van der Waals surface area contributed by atoms with E-state index < -0.39 is 0 Å². The molecule has 0 spiro atoms. The molecule has 3 rings (SSSR count). The van der Waals surface area contributed by atoms with E-state index in [4.69, 9.17) is 14.2 Å². The number of rotatable bonds is 5. The quantitative estimate of drug-likeness (QED) is 0.863. The molecule has 0 aromatic heterocycles. The second-order valence-electron chi connectivity index (χ2n) is 4.98. The predicted octanol–water partition coefficient (Wildman–Crippen LogP) is 2.75. The molecule has 0 unspecified atom stereocenters. The summed E-state index contributed by atoms with van der Waals surface area (Å²) in [5.41, 5.74) is 1.81. The van der Waals surface area contributed by atoms with Crippen LogP contribution in [0.4, 0.5) is 0 Å². The minimum absolute atomic E-state index is 0.173. The number of carbonyl (C=O) groups is 1. The van der Waals surface area contributed by atoms with Crippen molar-refractivity contribution in [2.24, 2.45) is 0 Å². The number of hydrogen-bond acceptors (Lipinski definition) is 4. The molecule has 0 atom stereocenters. The van der Waals surface area contributed by atoms with Crippen LogP contribution in [0.3, 0.4) is 0 Å². The summed E-state index contributed by atoms with van der Waals surface area (Å²) in [7, 11) is 1.60. The monoisotopic (exact) mass is 311 g/mol. The lowest BCUT2D eigenvalue weighted by Gasteiger charge is -2.05. The van der Waals surface area contributed by atoms with Crippen molar-refractivity contribution >= 4 is 12.0 Å². The number of para-hydroxylation sites is 1. The minimum atomic E-state index is -0.173. The number of benzene rings is 2. The van der Waals surface area contributed by atoms with E-state index in [9.17, 15) is 4.79 Å². The smallest absolute Gasteiger partial charge is 0.244 e. The third kappa shape index (κ3) is 3.63. The molecule has 0 saturated heterocycles. The molecule has 0 fully saturated rings. The molecule has 1 N–H and O–H groups in total. The summed E-state index contributed by atoms with van der Waals surface area (Å²) in [6.07, 6.45) is 3.22. The van der Waals surface area contributed by atoms with Gasteiger partial charge in [-0.3, -0.25) is 4.79 Å². The molecule has 2 aromatic carbocycles. The van der Waals surface area contributed by atoms with Crippen molar-refractivity contribution < 1.29 is 19.0 Å². The van der Waals surface area contributed by atoms with Crippen molar-refractivity contribution in [2.45, 2.75) is 6.54 Å². The molecular weight excluding hydrogens is 294 g/mol. The summed E-state index contributed by atoms with van der Waals surface area (Å²) < 4.78 is 15.8. The van der Waals surface area contributed by atoms with Gasteiger partial charge in [-0.05, 0) is 29.8 Å². The normalized spacial score (nSPS) is 12.4. The average molecular weight is 311 g/mol. The van der Waals surface area contributed by atoms with Crippen LogP contribution in [-0.4, -0.2) is 19.8 Å². The molecule has 2 aromatic rings. The van der Waals surface area contributed by atoms with Gasteiger partial charge in [-0.15, -0.1) is 0 Å². The number of hydrogen-bond donors (Lipinski definition) is 1. The van der Waals surface area contributed by atoms with Crippen molar-refractivity contribution in [3.05, 3.63) is 59.7 Å². The Morgan fingerprint density at radius 2 is 2.04 bits per heavy atom. The molecule has 1 heterocycles. The summed E-state index contributed by atoms with van der Waals surface area (Å²) in [5, 5.41) is 2.83. The number of nitrogens with one attached hydrogen (secondary N) is 1. The highest BCUT2D eigenvalue weighted by atomic mass is 16.7. The SMILES string of the molecule is COc1ccccc1C=CC(=O)NCc1ccc2c(c1)OCO2. The largest absolute Gasteiger partial charge is 0.496 e. The van der Waals surface area contributed by atoms with E-state index in [0.29, 0.717) is 12.3 Å². The van der Waals surface area contributed by atoms with Gasteiger partial charge in [0.1, 0.15) is 5.75 Å².